The van der Waals surface area contributed by atoms with Crippen LogP contribution < -0.4 is 5.32 Å². The number of aromatic nitrogens is 2. The maximum Gasteiger partial charge on any atom is 0.303 e. The zero-order chi connectivity index (χ0) is 17.0. The van der Waals surface area contributed by atoms with E-state index in [4.69, 9.17) is 5.11 Å². The Balaban J connectivity index is 1.64. The van der Waals surface area contributed by atoms with Crippen LogP contribution in [0.3, 0.4) is 0 Å². The topological polar surface area (TPSA) is 92.2 Å². The molecule has 0 radical (unpaired) electrons. The van der Waals surface area contributed by atoms with Crippen molar-refractivity contribution in [2.24, 2.45) is 5.41 Å². The summed E-state index contributed by atoms with van der Waals surface area (Å²) in [4.78, 5) is 23.4. The number of amides is 1. The number of rotatable bonds is 6. The molecule has 0 aliphatic heterocycles. The Labute approximate surface area is 143 Å². The number of carbonyl (C=O) groups is 2. The summed E-state index contributed by atoms with van der Waals surface area (Å²) in [6.07, 6.45) is 3.82. The van der Waals surface area contributed by atoms with Gasteiger partial charge in [0.1, 0.15) is 5.01 Å². The van der Waals surface area contributed by atoms with Crippen LogP contribution in [0.4, 0.5) is 5.13 Å². The van der Waals surface area contributed by atoms with Crippen molar-refractivity contribution >= 4 is 28.3 Å². The summed E-state index contributed by atoms with van der Waals surface area (Å²) in [5.74, 6) is -1.03. The largest absolute Gasteiger partial charge is 0.481 e. The lowest BCUT2D eigenvalue weighted by atomic mass is 9.79. The molecule has 3 rings (SSSR count). The van der Waals surface area contributed by atoms with Crippen molar-refractivity contribution < 1.29 is 14.7 Å². The van der Waals surface area contributed by atoms with E-state index in [1.165, 1.54) is 11.3 Å². The number of benzene rings is 1. The SMILES string of the molecule is O=C(O)CC1(CC(=O)Nc2nnc(-c3ccccc3)s2)CCCC1. The number of nitrogens with one attached hydrogen (secondary N) is 1. The van der Waals surface area contributed by atoms with Gasteiger partial charge < -0.3 is 10.4 Å². The summed E-state index contributed by atoms with van der Waals surface area (Å²) in [6, 6.07) is 9.64. The van der Waals surface area contributed by atoms with Crippen LogP contribution in [-0.4, -0.2) is 27.2 Å². The number of hydrogen-bond donors (Lipinski definition) is 2. The first-order chi connectivity index (χ1) is 11.6. The third-order valence-electron chi connectivity index (χ3n) is 4.42. The Morgan fingerprint density at radius 2 is 1.83 bits per heavy atom. The van der Waals surface area contributed by atoms with Crippen molar-refractivity contribution in [3.05, 3.63) is 30.3 Å². The molecule has 24 heavy (non-hydrogen) atoms. The molecule has 6 nitrogen and oxygen atoms in total. The fraction of sp³-hybridized carbons (Fsp3) is 0.412. The second-order valence-corrected chi connectivity index (χ2v) is 7.26. The van der Waals surface area contributed by atoms with Gasteiger partial charge in [-0.25, -0.2) is 0 Å². The number of aliphatic carboxylic acids is 1. The highest BCUT2D eigenvalue weighted by molar-refractivity contribution is 7.18. The molecule has 2 aromatic rings. The molecule has 0 unspecified atom stereocenters. The first-order valence-corrected chi connectivity index (χ1v) is 8.79. The first-order valence-electron chi connectivity index (χ1n) is 7.97. The second-order valence-electron chi connectivity index (χ2n) is 6.28. The van der Waals surface area contributed by atoms with Gasteiger partial charge in [0.25, 0.3) is 0 Å². The highest BCUT2D eigenvalue weighted by Crippen LogP contribution is 2.44. The summed E-state index contributed by atoms with van der Waals surface area (Å²) in [7, 11) is 0. The number of carboxylic acid groups (broad SMARTS) is 1. The summed E-state index contributed by atoms with van der Waals surface area (Å²) < 4.78 is 0. The van der Waals surface area contributed by atoms with E-state index in [1.807, 2.05) is 30.3 Å². The van der Waals surface area contributed by atoms with Crippen molar-refractivity contribution in [1.82, 2.24) is 10.2 Å². The quantitative estimate of drug-likeness (QED) is 0.835. The Kier molecular flexibility index (Phi) is 4.89. The van der Waals surface area contributed by atoms with Gasteiger partial charge in [0.15, 0.2) is 0 Å². The minimum absolute atomic E-state index is 0.0474. The first kappa shape index (κ1) is 16.6. The third kappa shape index (κ3) is 3.97. The highest BCUT2D eigenvalue weighted by Gasteiger charge is 2.38. The normalized spacial score (nSPS) is 16.0. The molecule has 1 saturated carbocycles. The van der Waals surface area contributed by atoms with Gasteiger partial charge in [0.2, 0.25) is 11.0 Å². The van der Waals surface area contributed by atoms with Crippen LogP contribution in [0.25, 0.3) is 10.6 Å². The van der Waals surface area contributed by atoms with Gasteiger partial charge in [-0.05, 0) is 18.3 Å². The Bertz CT molecular complexity index is 724. The van der Waals surface area contributed by atoms with Crippen molar-refractivity contribution in [1.29, 1.82) is 0 Å². The average Bonchev–Trinajstić information content (AvgIpc) is 3.17. The summed E-state index contributed by atoms with van der Waals surface area (Å²) >= 11 is 1.31. The Morgan fingerprint density at radius 1 is 1.12 bits per heavy atom. The minimum atomic E-state index is -0.841. The molecule has 1 aliphatic carbocycles. The van der Waals surface area contributed by atoms with E-state index >= 15 is 0 Å². The van der Waals surface area contributed by atoms with Gasteiger partial charge in [0.05, 0.1) is 6.42 Å². The van der Waals surface area contributed by atoms with Crippen molar-refractivity contribution in [2.45, 2.75) is 38.5 Å². The lowest BCUT2D eigenvalue weighted by Crippen LogP contribution is -2.27. The molecule has 1 amide bonds. The van der Waals surface area contributed by atoms with Gasteiger partial charge in [-0.2, -0.15) is 0 Å². The Hall–Kier alpha value is -2.28. The Morgan fingerprint density at radius 3 is 2.50 bits per heavy atom. The van der Waals surface area contributed by atoms with Gasteiger partial charge >= 0.3 is 5.97 Å². The molecule has 2 N–H and O–H groups in total. The maximum absolute atomic E-state index is 12.3. The average molecular weight is 345 g/mol. The number of hydrogen-bond acceptors (Lipinski definition) is 5. The van der Waals surface area contributed by atoms with E-state index in [1.54, 1.807) is 0 Å². The van der Waals surface area contributed by atoms with Gasteiger partial charge in [-0.15, -0.1) is 10.2 Å². The monoisotopic (exact) mass is 345 g/mol. The molecule has 126 valence electrons. The number of carboxylic acids is 1. The number of anilines is 1. The molecule has 0 spiro atoms. The lowest BCUT2D eigenvalue weighted by Gasteiger charge is -2.25. The molecule has 0 bridgehead atoms. The van der Waals surface area contributed by atoms with Crippen LogP contribution in [0.15, 0.2) is 30.3 Å². The zero-order valence-corrected chi connectivity index (χ0v) is 14.0. The smallest absolute Gasteiger partial charge is 0.303 e. The molecule has 1 aromatic carbocycles. The maximum atomic E-state index is 12.3. The molecular formula is C17H19N3O3S. The van der Waals surface area contributed by atoms with Crippen molar-refractivity contribution in [3.63, 3.8) is 0 Å². The number of nitrogens with zero attached hydrogens (tertiary/aromatic N) is 2. The van der Waals surface area contributed by atoms with E-state index < -0.39 is 11.4 Å². The molecule has 0 saturated heterocycles. The fourth-order valence-corrected chi connectivity index (χ4v) is 4.10. The second kappa shape index (κ2) is 7.09. The molecule has 1 heterocycles. The van der Waals surface area contributed by atoms with Gasteiger partial charge in [0, 0.05) is 12.0 Å². The van der Waals surface area contributed by atoms with Crippen LogP contribution in [0, 0.1) is 5.41 Å². The van der Waals surface area contributed by atoms with Gasteiger partial charge in [-0.1, -0.05) is 54.5 Å². The number of carbonyl (C=O) groups excluding carboxylic acids is 1. The van der Waals surface area contributed by atoms with Crippen molar-refractivity contribution in [2.75, 3.05) is 5.32 Å². The molecule has 0 atom stereocenters. The van der Waals surface area contributed by atoms with Crippen LogP contribution >= 0.6 is 11.3 Å². The van der Waals surface area contributed by atoms with Crippen molar-refractivity contribution in [3.8, 4) is 10.6 Å². The van der Waals surface area contributed by atoms with Crippen LogP contribution in [0.2, 0.25) is 0 Å². The molecule has 1 fully saturated rings. The molecular weight excluding hydrogens is 326 g/mol. The van der Waals surface area contributed by atoms with Crippen LogP contribution in [-0.2, 0) is 9.59 Å². The van der Waals surface area contributed by atoms with E-state index in [2.05, 4.69) is 15.5 Å². The standard InChI is InChI=1S/C17H19N3O3S/c21-13(10-17(11-14(22)23)8-4-5-9-17)18-16-20-19-15(24-16)12-6-2-1-3-7-12/h1-3,6-7H,4-5,8-11H2,(H,22,23)(H,18,20,21). The summed E-state index contributed by atoms with van der Waals surface area (Å²) in [5, 5.41) is 21.2. The lowest BCUT2D eigenvalue weighted by molar-refractivity contribution is -0.140. The molecule has 1 aliphatic rings. The summed E-state index contributed by atoms with van der Waals surface area (Å²) in [6.45, 7) is 0. The van der Waals surface area contributed by atoms with E-state index in [-0.39, 0.29) is 18.7 Å². The molecule has 7 heteroatoms. The van der Waals surface area contributed by atoms with E-state index in [0.717, 1.165) is 36.3 Å². The predicted molar refractivity (Wildman–Crippen MR) is 91.7 cm³/mol. The fourth-order valence-electron chi connectivity index (χ4n) is 3.34. The minimum Gasteiger partial charge on any atom is -0.481 e. The van der Waals surface area contributed by atoms with Gasteiger partial charge in [-0.3, -0.25) is 9.59 Å². The summed E-state index contributed by atoms with van der Waals surface area (Å²) in [5.41, 5.74) is 0.539. The van der Waals surface area contributed by atoms with Crippen LogP contribution in [0.1, 0.15) is 38.5 Å². The van der Waals surface area contributed by atoms with Crippen LogP contribution in [0.5, 0.6) is 0 Å². The molecule has 1 aromatic heterocycles. The highest BCUT2D eigenvalue weighted by atomic mass is 32.1. The third-order valence-corrected chi connectivity index (χ3v) is 5.31. The predicted octanol–water partition coefficient (Wildman–Crippen LogP) is 3.57. The van der Waals surface area contributed by atoms with E-state index in [9.17, 15) is 9.59 Å². The zero-order valence-electron chi connectivity index (χ0n) is 13.2. The van der Waals surface area contributed by atoms with E-state index in [0.29, 0.717) is 5.13 Å².